The maximum absolute atomic E-state index is 12.6. The van der Waals surface area contributed by atoms with E-state index in [1.165, 1.54) is 9.88 Å². The van der Waals surface area contributed by atoms with Crippen LogP contribution in [0.25, 0.3) is 0 Å². The van der Waals surface area contributed by atoms with Crippen LogP contribution in [0.3, 0.4) is 0 Å². The SMILES string of the molecule is CC(C)=CCCN(CCBr)S(=O)(=O)c1ccc(C)cc1. The minimum atomic E-state index is -3.40. The van der Waals surface area contributed by atoms with Crippen molar-refractivity contribution in [3.63, 3.8) is 0 Å². The molecule has 0 aliphatic rings. The Bertz CT molecular complexity index is 546. The lowest BCUT2D eigenvalue weighted by Gasteiger charge is -2.21. The first-order valence-corrected chi connectivity index (χ1v) is 9.20. The highest BCUT2D eigenvalue weighted by Gasteiger charge is 2.22. The molecule has 20 heavy (non-hydrogen) atoms. The average molecular weight is 360 g/mol. The molecule has 0 radical (unpaired) electrons. The molecule has 112 valence electrons. The maximum Gasteiger partial charge on any atom is 0.243 e. The summed E-state index contributed by atoms with van der Waals surface area (Å²) in [5.41, 5.74) is 2.26. The van der Waals surface area contributed by atoms with E-state index in [1.807, 2.05) is 32.9 Å². The zero-order valence-electron chi connectivity index (χ0n) is 12.3. The van der Waals surface area contributed by atoms with Crippen LogP contribution in [0, 0.1) is 6.92 Å². The van der Waals surface area contributed by atoms with Gasteiger partial charge in [0.15, 0.2) is 0 Å². The molecule has 0 unspecified atom stereocenters. The van der Waals surface area contributed by atoms with E-state index in [0.717, 1.165) is 12.0 Å². The van der Waals surface area contributed by atoms with Gasteiger partial charge in [-0.15, -0.1) is 0 Å². The van der Waals surface area contributed by atoms with Gasteiger partial charge in [0.25, 0.3) is 0 Å². The molecule has 3 nitrogen and oxygen atoms in total. The van der Waals surface area contributed by atoms with Crippen molar-refractivity contribution in [1.29, 1.82) is 0 Å². The fourth-order valence-electron chi connectivity index (χ4n) is 1.80. The highest BCUT2D eigenvalue weighted by molar-refractivity contribution is 9.09. The van der Waals surface area contributed by atoms with E-state index in [0.29, 0.717) is 23.3 Å². The molecule has 1 aromatic carbocycles. The van der Waals surface area contributed by atoms with Crippen LogP contribution in [0.4, 0.5) is 0 Å². The van der Waals surface area contributed by atoms with Crippen LogP contribution in [0.2, 0.25) is 0 Å². The summed E-state index contributed by atoms with van der Waals surface area (Å²) >= 11 is 3.33. The van der Waals surface area contributed by atoms with Gasteiger partial charge in [-0.25, -0.2) is 8.42 Å². The number of allylic oxidation sites excluding steroid dienone is 1. The Morgan fingerprint density at radius 2 is 1.80 bits per heavy atom. The molecule has 0 atom stereocenters. The molecule has 1 rings (SSSR count). The number of benzene rings is 1. The van der Waals surface area contributed by atoms with Crippen molar-refractivity contribution in [2.45, 2.75) is 32.1 Å². The lowest BCUT2D eigenvalue weighted by atomic mass is 10.2. The van der Waals surface area contributed by atoms with Gasteiger partial charge >= 0.3 is 0 Å². The lowest BCUT2D eigenvalue weighted by molar-refractivity contribution is 0.436. The van der Waals surface area contributed by atoms with Crippen molar-refractivity contribution in [3.05, 3.63) is 41.5 Å². The van der Waals surface area contributed by atoms with Crippen molar-refractivity contribution >= 4 is 26.0 Å². The number of aryl methyl sites for hydroxylation is 1. The van der Waals surface area contributed by atoms with E-state index < -0.39 is 10.0 Å². The third-order valence-corrected chi connectivity index (χ3v) is 5.19. The van der Waals surface area contributed by atoms with Crippen molar-refractivity contribution in [1.82, 2.24) is 4.31 Å². The second-order valence-corrected chi connectivity index (χ2v) is 7.71. The first-order valence-electron chi connectivity index (χ1n) is 6.64. The minimum absolute atomic E-state index is 0.362. The monoisotopic (exact) mass is 359 g/mol. The third kappa shape index (κ3) is 5.04. The Labute approximate surface area is 130 Å². The number of nitrogens with zero attached hydrogens (tertiary/aromatic N) is 1. The molecule has 0 heterocycles. The Kier molecular flexibility index (Phi) is 6.92. The number of alkyl halides is 1. The van der Waals surface area contributed by atoms with Crippen LogP contribution in [-0.4, -0.2) is 31.1 Å². The second-order valence-electron chi connectivity index (χ2n) is 4.98. The summed E-state index contributed by atoms with van der Waals surface area (Å²) in [6.07, 6.45) is 2.80. The molecule has 0 saturated carbocycles. The topological polar surface area (TPSA) is 37.4 Å². The summed E-state index contributed by atoms with van der Waals surface area (Å²) in [6.45, 7) is 6.97. The Balaban J connectivity index is 2.93. The van der Waals surface area contributed by atoms with Crippen molar-refractivity contribution in [2.75, 3.05) is 18.4 Å². The summed E-state index contributed by atoms with van der Waals surface area (Å²) in [4.78, 5) is 0.362. The van der Waals surface area contributed by atoms with E-state index in [4.69, 9.17) is 0 Å². The number of sulfonamides is 1. The van der Waals surface area contributed by atoms with Crippen LogP contribution >= 0.6 is 15.9 Å². The molecule has 0 spiro atoms. The van der Waals surface area contributed by atoms with Crippen LogP contribution < -0.4 is 0 Å². The van der Waals surface area contributed by atoms with Gasteiger partial charge in [-0.05, 0) is 39.3 Å². The predicted octanol–water partition coefficient (Wildman–Crippen LogP) is 3.74. The van der Waals surface area contributed by atoms with Crippen LogP contribution in [-0.2, 0) is 10.0 Å². The van der Waals surface area contributed by atoms with Crippen molar-refractivity contribution < 1.29 is 8.42 Å². The number of halogens is 1. The molecule has 0 aliphatic heterocycles. The number of rotatable bonds is 7. The zero-order chi connectivity index (χ0) is 15.2. The van der Waals surface area contributed by atoms with E-state index in [2.05, 4.69) is 22.0 Å². The van der Waals surface area contributed by atoms with Gasteiger partial charge in [0.05, 0.1) is 4.90 Å². The minimum Gasteiger partial charge on any atom is -0.207 e. The third-order valence-electron chi connectivity index (χ3n) is 2.92. The van der Waals surface area contributed by atoms with Crippen LogP contribution in [0.15, 0.2) is 40.8 Å². The molecular formula is C15H22BrNO2S. The highest BCUT2D eigenvalue weighted by Crippen LogP contribution is 2.17. The Morgan fingerprint density at radius 3 is 2.30 bits per heavy atom. The fraction of sp³-hybridized carbons (Fsp3) is 0.467. The van der Waals surface area contributed by atoms with Gasteiger partial charge in [0.2, 0.25) is 10.0 Å². The Hall–Kier alpha value is -0.650. The second kappa shape index (κ2) is 7.96. The largest absolute Gasteiger partial charge is 0.243 e. The van der Waals surface area contributed by atoms with Gasteiger partial charge in [0.1, 0.15) is 0 Å². The standard InChI is InChI=1S/C15H22BrNO2S/c1-13(2)5-4-11-17(12-10-16)20(18,19)15-8-6-14(3)7-9-15/h5-9H,4,10-12H2,1-3H3. The fourth-order valence-corrected chi connectivity index (χ4v) is 3.92. The number of hydrogen-bond acceptors (Lipinski definition) is 2. The molecule has 0 fully saturated rings. The molecule has 0 amide bonds. The maximum atomic E-state index is 12.6. The average Bonchev–Trinajstić information content (AvgIpc) is 2.38. The van der Waals surface area contributed by atoms with Gasteiger partial charge in [-0.1, -0.05) is 45.3 Å². The van der Waals surface area contributed by atoms with Gasteiger partial charge < -0.3 is 0 Å². The smallest absolute Gasteiger partial charge is 0.207 e. The normalized spacial score (nSPS) is 11.7. The van der Waals surface area contributed by atoms with Crippen molar-refractivity contribution in [3.8, 4) is 0 Å². The van der Waals surface area contributed by atoms with E-state index in [-0.39, 0.29) is 0 Å². The van der Waals surface area contributed by atoms with Gasteiger partial charge in [0, 0.05) is 18.4 Å². The molecule has 0 bridgehead atoms. The summed E-state index contributed by atoms with van der Waals surface area (Å²) in [6, 6.07) is 7.00. The quantitative estimate of drug-likeness (QED) is 0.549. The molecule has 1 aromatic rings. The Morgan fingerprint density at radius 1 is 1.20 bits per heavy atom. The predicted molar refractivity (Wildman–Crippen MR) is 87.8 cm³/mol. The summed E-state index contributed by atoms with van der Waals surface area (Å²) in [5, 5.41) is 0.632. The molecule has 0 N–H and O–H groups in total. The van der Waals surface area contributed by atoms with Gasteiger partial charge in [-0.3, -0.25) is 0 Å². The highest BCUT2D eigenvalue weighted by atomic mass is 79.9. The molecule has 5 heteroatoms. The molecule has 0 aliphatic carbocycles. The molecular weight excluding hydrogens is 338 g/mol. The number of hydrogen-bond donors (Lipinski definition) is 0. The van der Waals surface area contributed by atoms with Crippen LogP contribution in [0.5, 0.6) is 0 Å². The summed E-state index contributed by atoms with van der Waals surface area (Å²) < 4.78 is 26.7. The molecule has 0 aromatic heterocycles. The summed E-state index contributed by atoms with van der Waals surface area (Å²) in [7, 11) is -3.40. The van der Waals surface area contributed by atoms with Crippen LogP contribution in [0.1, 0.15) is 25.8 Å². The summed E-state index contributed by atoms with van der Waals surface area (Å²) in [5.74, 6) is 0. The van der Waals surface area contributed by atoms with Crippen molar-refractivity contribution in [2.24, 2.45) is 0 Å². The van der Waals surface area contributed by atoms with E-state index in [9.17, 15) is 8.42 Å². The van der Waals surface area contributed by atoms with Gasteiger partial charge in [-0.2, -0.15) is 4.31 Å². The molecule has 0 saturated heterocycles. The van der Waals surface area contributed by atoms with E-state index >= 15 is 0 Å². The lowest BCUT2D eigenvalue weighted by Crippen LogP contribution is -2.33. The first kappa shape index (κ1) is 17.4. The zero-order valence-corrected chi connectivity index (χ0v) is 14.7. The first-order chi connectivity index (χ1) is 9.37. The van der Waals surface area contributed by atoms with E-state index in [1.54, 1.807) is 12.1 Å².